The highest BCUT2D eigenvalue weighted by molar-refractivity contribution is 6.06. The maximum atomic E-state index is 13.6. The molecule has 4 amide bonds. The van der Waals surface area contributed by atoms with Crippen molar-refractivity contribution in [1.29, 1.82) is 5.26 Å². The molecule has 7 rings (SSSR count). The molecule has 0 radical (unpaired) electrons. The summed E-state index contributed by atoms with van der Waals surface area (Å²) >= 11 is 0. The number of methoxy groups -OCH3 is 1. The van der Waals surface area contributed by atoms with Crippen molar-refractivity contribution in [3.05, 3.63) is 30.0 Å². The molecule has 10 heteroatoms. The molecule has 10 nitrogen and oxygen atoms in total. The molecule has 2 unspecified atom stereocenters. The van der Waals surface area contributed by atoms with Gasteiger partial charge in [-0.05, 0) is 55.7 Å². The van der Waals surface area contributed by atoms with Crippen LogP contribution in [-0.4, -0.2) is 47.3 Å². The average Bonchev–Trinajstić information content (AvgIpc) is 3.51. The second kappa shape index (κ2) is 8.61. The van der Waals surface area contributed by atoms with Crippen LogP contribution in [0.5, 0.6) is 5.75 Å². The molecule has 6 atom stereocenters. The number of carbonyl (C=O) groups excluding carboxylic acids is 4. The van der Waals surface area contributed by atoms with Crippen molar-refractivity contribution in [2.45, 2.75) is 50.1 Å². The highest BCUT2D eigenvalue weighted by Gasteiger charge is 2.64. The number of ether oxygens (including phenoxy) is 1. The lowest BCUT2D eigenvalue weighted by atomic mass is 9.52. The molecule has 0 spiro atoms. The summed E-state index contributed by atoms with van der Waals surface area (Å²) in [6.45, 7) is 0. The smallest absolute Gasteiger partial charge is 0.268 e. The molecule has 5 aliphatic rings. The number of aromatic nitrogens is 1. The molecular weight excluding hydrogens is 474 g/mol. The van der Waals surface area contributed by atoms with Crippen molar-refractivity contribution < 1.29 is 23.9 Å². The van der Waals surface area contributed by atoms with Crippen LogP contribution in [0.3, 0.4) is 0 Å². The van der Waals surface area contributed by atoms with Gasteiger partial charge >= 0.3 is 0 Å². The van der Waals surface area contributed by atoms with E-state index in [4.69, 9.17) is 4.74 Å². The van der Waals surface area contributed by atoms with Gasteiger partial charge in [0.15, 0.2) is 0 Å². The molecule has 2 bridgehead atoms. The summed E-state index contributed by atoms with van der Waals surface area (Å²) in [5.74, 6) is -2.10. The predicted octanol–water partition coefficient (Wildman–Crippen LogP) is 1.77. The second-order valence-corrected chi connectivity index (χ2v) is 10.9. The Bertz CT molecular complexity index is 1360. The highest BCUT2D eigenvalue weighted by atomic mass is 16.5. The van der Waals surface area contributed by atoms with E-state index in [9.17, 15) is 24.4 Å². The van der Waals surface area contributed by atoms with E-state index in [1.165, 1.54) is 0 Å². The number of amides is 4. The van der Waals surface area contributed by atoms with E-state index < -0.39 is 41.1 Å². The van der Waals surface area contributed by atoms with Crippen molar-refractivity contribution in [1.82, 2.24) is 20.9 Å². The lowest BCUT2D eigenvalue weighted by molar-refractivity contribution is -0.137. The van der Waals surface area contributed by atoms with Gasteiger partial charge in [-0.25, -0.2) is 0 Å². The Morgan fingerprint density at radius 1 is 1.19 bits per heavy atom. The third kappa shape index (κ3) is 3.84. The van der Waals surface area contributed by atoms with Gasteiger partial charge in [-0.1, -0.05) is 18.9 Å². The van der Waals surface area contributed by atoms with Crippen molar-refractivity contribution >= 4 is 34.5 Å². The van der Waals surface area contributed by atoms with Crippen LogP contribution in [0.2, 0.25) is 0 Å². The number of rotatable bonds is 7. The minimum Gasteiger partial charge on any atom is -0.496 e. The molecule has 5 fully saturated rings. The number of H-pyrrole nitrogens is 1. The van der Waals surface area contributed by atoms with E-state index in [-0.39, 0.29) is 17.7 Å². The molecule has 192 valence electrons. The summed E-state index contributed by atoms with van der Waals surface area (Å²) in [7, 11) is 1.56. The van der Waals surface area contributed by atoms with Crippen LogP contribution < -0.4 is 20.7 Å². The average molecular weight is 504 g/mol. The van der Waals surface area contributed by atoms with E-state index in [0.29, 0.717) is 36.6 Å². The van der Waals surface area contributed by atoms with Crippen molar-refractivity contribution in [2.24, 2.45) is 29.6 Å². The van der Waals surface area contributed by atoms with Gasteiger partial charge in [0.05, 0.1) is 25.0 Å². The summed E-state index contributed by atoms with van der Waals surface area (Å²) in [6.07, 6.45) is 4.12. The number of imide groups is 1. The van der Waals surface area contributed by atoms with Gasteiger partial charge in [0.1, 0.15) is 23.0 Å². The van der Waals surface area contributed by atoms with Crippen LogP contribution in [0, 0.1) is 40.9 Å². The first-order valence-electron chi connectivity index (χ1n) is 12.9. The molecule has 4 saturated carbocycles. The van der Waals surface area contributed by atoms with Crippen LogP contribution in [0.4, 0.5) is 0 Å². The maximum absolute atomic E-state index is 13.6. The first-order valence-corrected chi connectivity index (χ1v) is 12.9. The first kappa shape index (κ1) is 23.5. The first-order chi connectivity index (χ1) is 17.8. The van der Waals surface area contributed by atoms with Crippen LogP contribution in [0.25, 0.3) is 10.9 Å². The number of nitrogens with one attached hydrogen (secondary N) is 4. The SMILES string of the molecule is COc1cccc2[nH]c(C(=O)N[C@H](CC3CC3)C(=O)N[C@@]3(C#N)CC4CCC3[C@H]3C(=O)NC(=O)[C@@H]43)cc12. The number of nitrogens with zero attached hydrogens (tertiary/aromatic N) is 1. The Morgan fingerprint density at radius 2 is 1.97 bits per heavy atom. The fraction of sp³-hybridized carbons (Fsp3) is 0.519. The van der Waals surface area contributed by atoms with E-state index >= 15 is 0 Å². The van der Waals surface area contributed by atoms with Gasteiger partial charge in [0.2, 0.25) is 17.7 Å². The second-order valence-electron chi connectivity index (χ2n) is 10.9. The van der Waals surface area contributed by atoms with Crippen LogP contribution in [-0.2, 0) is 14.4 Å². The standard InChI is InChI=1S/C27H29N5O5/c1-37-20-4-2-3-17-15(20)10-19(29-17)23(33)30-18(9-13-5-6-13)24(34)32-27(12-28)11-14-7-8-16(27)22-21(14)25(35)31-26(22)36/h2-4,10,13-14,16,18,21-22,29H,5-9,11H2,1H3,(H,30,33)(H,32,34)(H,31,35,36)/t14?,16?,18-,21+,22-,27-/m1/s1. The number of benzene rings is 1. The maximum Gasteiger partial charge on any atom is 0.268 e. The minimum absolute atomic E-state index is 0.140. The lowest BCUT2D eigenvalue weighted by Gasteiger charge is -2.52. The number of hydrogen-bond acceptors (Lipinski definition) is 6. The van der Waals surface area contributed by atoms with Gasteiger partial charge < -0.3 is 20.4 Å². The fourth-order valence-corrected chi connectivity index (χ4v) is 6.84. The molecule has 1 aliphatic heterocycles. The van der Waals surface area contributed by atoms with E-state index in [1.54, 1.807) is 13.2 Å². The summed E-state index contributed by atoms with van der Waals surface area (Å²) in [5, 5.41) is 19.3. The van der Waals surface area contributed by atoms with Gasteiger partial charge in [-0.15, -0.1) is 0 Å². The molecule has 1 aromatic carbocycles. The summed E-state index contributed by atoms with van der Waals surface area (Å²) in [4.78, 5) is 54.9. The zero-order chi connectivity index (χ0) is 25.9. The predicted molar refractivity (Wildman–Crippen MR) is 131 cm³/mol. The molecule has 2 heterocycles. The molecule has 4 N–H and O–H groups in total. The van der Waals surface area contributed by atoms with Gasteiger partial charge in [0.25, 0.3) is 5.91 Å². The normalized spacial score (nSPS) is 30.8. The van der Waals surface area contributed by atoms with Crippen molar-refractivity contribution in [3.63, 3.8) is 0 Å². The highest BCUT2D eigenvalue weighted by Crippen LogP contribution is 2.55. The van der Waals surface area contributed by atoms with Crippen LogP contribution in [0.1, 0.15) is 49.0 Å². The number of nitriles is 1. The van der Waals surface area contributed by atoms with Gasteiger partial charge in [-0.2, -0.15) is 5.26 Å². The molecular formula is C27H29N5O5. The third-order valence-corrected chi connectivity index (χ3v) is 8.77. The Hall–Kier alpha value is -3.87. The number of carbonyl (C=O) groups is 4. The summed E-state index contributed by atoms with van der Waals surface area (Å²) in [6, 6.07) is 8.66. The van der Waals surface area contributed by atoms with E-state index in [0.717, 1.165) is 30.2 Å². The number of hydrogen-bond donors (Lipinski definition) is 4. The number of aromatic amines is 1. The van der Waals surface area contributed by atoms with E-state index in [1.807, 2.05) is 18.2 Å². The fourth-order valence-electron chi connectivity index (χ4n) is 6.84. The Balaban J connectivity index is 1.23. The Morgan fingerprint density at radius 3 is 2.70 bits per heavy atom. The minimum atomic E-state index is -1.25. The molecule has 1 aromatic heterocycles. The Kier molecular flexibility index (Phi) is 5.48. The Labute approximate surface area is 213 Å². The van der Waals surface area contributed by atoms with E-state index in [2.05, 4.69) is 27.0 Å². The summed E-state index contributed by atoms with van der Waals surface area (Å²) in [5.41, 5.74) is -0.193. The molecule has 37 heavy (non-hydrogen) atoms. The number of fused-ring (bicyclic) bond motifs is 3. The zero-order valence-corrected chi connectivity index (χ0v) is 20.5. The molecule has 4 aliphatic carbocycles. The lowest BCUT2D eigenvalue weighted by Crippen LogP contribution is -2.66. The van der Waals surface area contributed by atoms with Crippen LogP contribution >= 0.6 is 0 Å². The quantitative estimate of drug-likeness (QED) is 0.423. The topological polar surface area (TPSA) is 153 Å². The van der Waals surface area contributed by atoms with Crippen LogP contribution in [0.15, 0.2) is 24.3 Å². The van der Waals surface area contributed by atoms with Crippen molar-refractivity contribution in [2.75, 3.05) is 7.11 Å². The van der Waals surface area contributed by atoms with Gasteiger partial charge in [-0.3, -0.25) is 24.5 Å². The third-order valence-electron chi connectivity index (χ3n) is 8.77. The zero-order valence-electron chi connectivity index (χ0n) is 20.5. The van der Waals surface area contributed by atoms with Gasteiger partial charge in [0, 0.05) is 16.8 Å². The molecule has 2 aromatic rings. The largest absolute Gasteiger partial charge is 0.496 e. The molecule has 1 saturated heterocycles. The van der Waals surface area contributed by atoms with Crippen molar-refractivity contribution in [3.8, 4) is 11.8 Å². The monoisotopic (exact) mass is 503 g/mol. The summed E-state index contributed by atoms with van der Waals surface area (Å²) < 4.78 is 5.38.